The zero-order valence-corrected chi connectivity index (χ0v) is 11.0. The molecule has 1 atom stereocenters. The maximum atomic E-state index is 11.6. The molecule has 0 radical (unpaired) electrons. The molecule has 0 bridgehead atoms. The number of para-hydroxylation sites is 1. The average Bonchev–Trinajstić information content (AvgIpc) is 2.98. The summed E-state index contributed by atoms with van der Waals surface area (Å²) in [5.41, 5.74) is 0. The maximum absolute atomic E-state index is 11.6. The second-order valence-corrected chi connectivity index (χ2v) is 5.02. The summed E-state index contributed by atoms with van der Waals surface area (Å²) in [7, 11) is 0. The first kappa shape index (κ1) is 13.9. The summed E-state index contributed by atoms with van der Waals surface area (Å²) in [5, 5.41) is 12.6. The van der Waals surface area contributed by atoms with E-state index in [0.29, 0.717) is 18.2 Å². The molecule has 2 N–H and O–H groups in total. The molecular formula is C15H21NO3. The van der Waals surface area contributed by atoms with Gasteiger partial charge in [-0.3, -0.25) is 4.79 Å². The van der Waals surface area contributed by atoms with Crippen molar-refractivity contribution in [2.24, 2.45) is 5.92 Å². The molecule has 4 heteroatoms. The minimum Gasteiger partial charge on any atom is -0.484 e. The number of hydrogen-bond acceptors (Lipinski definition) is 3. The molecule has 2 rings (SSSR count). The van der Waals surface area contributed by atoms with Crippen LogP contribution >= 0.6 is 0 Å². The van der Waals surface area contributed by atoms with E-state index in [9.17, 15) is 9.90 Å². The Morgan fingerprint density at radius 2 is 2.00 bits per heavy atom. The van der Waals surface area contributed by atoms with Crippen LogP contribution in [0.2, 0.25) is 0 Å². The minimum atomic E-state index is -0.428. The first-order valence-electron chi connectivity index (χ1n) is 6.88. The molecule has 1 fully saturated rings. The van der Waals surface area contributed by atoms with Gasteiger partial charge in [-0.2, -0.15) is 0 Å². The minimum absolute atomic E-state index is 0.0125. The topological polar surface area (TPSA) is 58.6 Å². The van der Waals surface area contributed by atoms with Gasteiger partial charge in [0.2, 0.25) is 0 Å². The van der Waals surface area contributed by atoms with E-state index in [4.69, 9.17) is 4.74 Å². The van der Waals surface area contributed by atoms with E-state index in [0.717, 1.165) is 12.8 Å². The highest BCUT2D eigenvalue weighted by Gasteiger charge is 2.23. The van der Waals surface area contributed by atoms with E-state index in [1.807, 2.05) is 18.2 Å². The molecule has 0 aliphatic heterocycles. The lowest BCUT2D eigenvalue weighted by molar-refractivity contribution is -0.123. The number of aliphatic hydroxyl groups excluding tert-OH is 1. The van der Waals surface area contributed by atoms with Crippen LogP contribution in [0, 0.1) is 5.92 Å². The quantitative estimate of drug-likeness (QED) is 0.822. The lowest BCUT2D eigenvalue weighted by atomic mass is 10.0. The van der Waals surface area contributed by atoms with Gasteiger partial charge < -0.3 is 15.2 Å². The monoisotopic (exact) mass is 263 g/mol. The second kappa shape index (κ2) is 7.14. The molecule has 1 aliphatic carbocycles. The van der Waals surface area contributed by atoms with E-state index in [2.05, 4.69) is 5.32 Å². The Balaban J connectivity index is 1.64. The molecule has 1 amide bonds. The van der Waals surface area contributed by atoms with Crippen molar-refractivity contribution in [2.45, 2.75) is 31.8 Å². The van der Waals surface area contributed by atoms with Gasteiger partial charge in [0.15, 0.2) is 6.61 Å². The summed E-state index contributed by atoms with van der Waals surface area (Å²) in [6.07, 6.45) is 4.08. The lowest BCUT2D eigenvalue weighted by Crippen LogP contribution is -2.37. The fourth-order valence-electron chi connectivity index (χ4n) is 2.44. The fourth-order valence-corrected chi connectivity index (χ4v) is 2.44. The number of ether oxygens (including phenoxy) is 1. The van der Waals surface area contributed by atoms with Gasteiger partial charge in [0.1, 0.15) is 5.75 Å². The van der Waals surface area contributed by atoms with Gasteiger partial charge in [0, 0.05) is 6.54 Å². The Labute approximate surface area is 113 Å². The van der Waals surface area contributed by atoms with Crippen molar-refractivity contribution < 1.29 is 14.6 Å². The van der Waals surface area contributed by atoms with E-state index >= 15 is 0 Å². The number of carbonyl (C=O) groups is 1. The smallest absolute Gasteiger partial charge is 0.258 e. The standard InChI is InChI=1S/C15H21NO3/c17-14(12-6-4-5-7-12)10-16-15(18)11-19-13-8-2-1-3-9-13/h1-3,8-9,12,14,17H,4-7,10-11H2,(H,16,18). The summed E-state index contributed by atoms with van der Waals surface area (Å²) < 4.78 is 5.33. The Morgan fingerprint density at radius 3 is 2.68 bits per heavy atom. The number of aliphatic hydroxyl groups is 1. The summed E-state index contributed by atoms with van der Waals surface area (Å²) >= 11 is 0. The van der Waals surface area contributed by atoms with Crippen molar-refractivity contribution in [1.82, 2.24) is 5.32 Å². The Morgan fingerprint density at radius 1 is 1.32 bits per heavy atom. The van der Waals surface area contributed by atoms with Crippen molar-refractivity contribution in [3.05, 3.63) is 30.3 Å². The second-order valence-electron chi connectivity index (χ2n) is 5.02. The van der Waals surface area contributed by atoms with Crippen LogP contribution in [0.4, 0.5) is 0 Å². The normalized spacial score (nSPS) is 17.1. The highest BCUT2D eigenvalue weighted by atomic mass is 16.5. The first-order valence-corrected chi connectivity index (χ1v) is 6.88. The molecule has 19 heavy (non-hydrogen) atoms. The van der Waals surface area contributed by atoms with Gasteiger partial charge in [-0.15, -0.1) is 0 Å². The predicted octanol–water partition coefficient (Wildman–Crippen LogP) is 1.73. The molecule has 1 aromatic rings. The zero-order valence-electron chi connectivity index (χ0n) is 11.0. The number of rotatable bonds is 6. The van der Waals surface area contributed by atoms with E-state index in [1.54, 1.807) is 12.1 Å². The van der Waals surface area contributed by atoms with Crippen LogP contribution in [-0.2, 0) is 4.79 Å². The molecule has 1 aliphatic rings. The molecule has 104 valence electrons. The van der Waals surface area contributed by atoms with Crippen molar-refractivity contribution in [3.63, 3.8) is 0 Å². The highest BCUT2D eigenvalue weighted by Crippen LogP contribution is 2.27. The van der Waals surface area contributed by atoms with Crippen molar-refractivity contribution in [2.75, 3.05) is 13.2 Å². The Kier molecular flexibility index (Phi) is 5.21. The number of carbonyl (C=O) groups excluding carboxylic acids is 1. The van der Waals surface area contributed by atoms with Gasteiger partial charge in [0.05, 0.1) is 6.10 Å². The van der Waals surface area contributed by atoms with Gasteiger partial charge in [-0.25, -0.2) is 0 Å². The van der Waals surface area contributed by atoms with E-state index < -0.39 is 6.10 Å². The Hall–Kier alpha value is -1.55. The van der Waals surface area contributed by atoms with Crippen molar-refractivity contribution in [1.29, 1.82) is 0 Å². The van der Waals surface area contributed by atoms with Gasteiger partial charge in [-0.1, -0.05) is 31.0 Å². The predicted molar refractivity (Wildman–Crippen MR) is 72.9 cm³/mol. The molecule has 1 aromatic carbocycles. The van der Waals surface area contributed by atoms with E-state index in [-0.39, 0.29) is 12.5 Å². The average molecular weight is 263 g/mol. The molecule has 4 nitrogen and oxygen atoms in total. The van der Waals surface area contributed by atoms with E-state index in [1.165, 1.54) is 12.8 Å². The van der Waals surface area contributed by atoms with Crippen LogP contribution in [0.15, 0.2) is 30.3 Å². The van der Waals surface area contributed by atoms with Crippen LogP contribution in [0.1, 0.15) is 25.7 Å². The molecule has 0 saturated heterocycles. The van der Waals surface area contributed by atoms with Gasteiger partial charge >= 0.3 is 0 Å². The largest absolute Gasteiger partial charge is 0.484 e. The SMILES string of the molecule is O=C(COc1ccccc1)NCC(O)C1CCCC1. The molecule has 0 aromatic heterocycles. The molecule has 0 spiro atoms. The molecule has 1 saturated carbocycles. The Bertz CT molecular complexity index is 388. The highest BCUT2D eigenvalue weighted by molar-refractivity contribution is 5.77. The number of nitrogens with one attached hydrogen (secondary N) is 1. The summed E-state index contributed by atoms with van der Waals surface area (Å²) in [6, 6.07) is 9.22. The van der Waals surface area contributed by atoms with Crippen molar-refractivity contribution >= 4 is 5.91 Å². The summed E-state index contributed by atoms with van der Waals surface area (Å²) in [6.45, 7) is 0.309. The van der Waals surface area contributed by atoms with Gasteiger partial charge in [-0.05, 0) is 30.9 Å². The van der Waals surface area contributed by atoms with Crippen LogP contribution in [-0.4, -0.2) is 30.3 Å². The van der Waals surface area contributed by atoms with Crippen molar-refractivity contribution in [3.8, 4) is 5.75 Å². The first-order chi connectivity index (χ1) is 9.25. The van der Waals surface area contributed by atoms with Crippen LogP contribution in [0.5, 0.6) is 5.75 Å². The summed E-state index contributed by atoms with van der Waals surface area (Å²) in [5.74, 6) is 0.824. The number of hydrogen-bond donors (Lipinski definition) is 2. The molecule has 0 heterocycles. The summed E-state index contributed by atoms with van der Waals surface area (Å²) in [4.78, 5) is 11.6. The maximum Gasteiger partial charge on any atom is 0.258 e. The third-order valence-electron chi connectivity index (χ3n) is 3.57. The lowest BCUT2D eigenvalue weighted by Gasteiger charge is -2.18. The third kappa shape index (κ3) is 4.56. The third-order valence-corrected chi connectivity index (χ3v) is 3.57. The molecular weight excluding hydrogens is 242 g/mol. The number of amides is 1. The number of benzene rings is 1. The van der Waals surface area contributed by atoms with Crippen LogP contribution < -0.4 is 10.1 Å². The zero-order chi connectivity index (χ0) is 13.5. The van der Waals surface area contributed by atoms with Crippen LogP contribution in [0.25, 0.3) is 0 Å². The fraction of sp³-hybridized carbons (Fsp3) is 0.533. The van der Waals surface area contributed by atoms with Crippen LogP contribution in [0.3, 0.4) is 0 Å². The van der Waals surface area contributed by atoms with Gasteiger partial charge in [0.25, 0.3) is 5.91 Å². The molecule has 1 unspecified atom stereocenters.